The summed E-state index contributed by atoms with van der Waals surface area (Å²) in [5.41, 5.74) is 0. The maximum Gasteiger partial charge on any atom is 0.472 e. The van der Waals surface area contributed by atoms with Gasteiger partial charge in [0.25, 0.3) is 0 Å². The molecular formula is C67H130O17P2. The first kappa shape index (κ1) is 84.1. The lowest BCUT2D eigenvalue weighted by Crippen LogP contribution is -2.30. The van der Waals surface area contributed by atoms with Gasteiger partial charge in [0.1, 0.15) is 19.3 Å². The molecule has 0 fully saturated rings. The molecule has 0 bridgehead atoms. The van der Waals surface area contributed by atoms with Gasteiger partial charge in [0.05, 0.1) is 26.4 Å². The number of hydrogen-bond donors (Lipinski definition) is 3. The SMILES string of the molecule is CCCCCCCCCCCCCCCCCCCCCC(=O)O[C@H](COC(=O)CCCCCCCCCC(C)C)COP(=O)(O)OC[C@@H](O)COP(=O)(O)OC[C@@H](COC(=O)CCCCCCCCC)OC(=O)CCCCCCCCCCCC. The molecule has 0 aliphatic rings. The first-order chi connectivity index (χ1) is 41.5. The number of ether oxygens (including phenoxy) is 4. The Balaban J connectivity index is 5.14. The third kappa shape index (κ3) is 60.9. The van der Waals surface area contributed by atoms with Crippen LogP contribution in [0.4, 0.5) is 0 Å². The Morgan fingerprint density at radius 3 is 0.791 bits per heavy atom. The molecule has 0 aromatic rings. The van der Waals surface area contributed by atoms with Crippen LogP contribution >= 0.6 is 15.6 Å². The second-order valence-corrected chi connectivity index (χ2v) is 27.6. The van der Waals surface area contributed by atoms with Crippen LogP contribution in [-0.4, -0.2) is 96.7 Å². The van der Waals surface area contributed by atoms with Gasteiger partial charge in [-0.2, -0.15) is 0 Å². The molecule has 17 nitrogen and oxygen atoms in total. The van der Waals surface area contributed by atoms with E-state index in [9.17, 15) is 43.2 Å². The third-order valence-corrected chi connectivity index (χ3v) is 17.4. The molecule has 510 valence electrons. The van der Waals surface area contributed by atoms with Crippen molar-refractivity contribution in [2.24, 2.45) is 5.92 Å². The van der Waals surface area contributed by atoms with Gasteiger partial charge in [0.2, 0.25) is 0 Å². The van der Waals surface area contributed by atoms with Crippen LogP contribution in [0.2, 0.25) is 0 Å². The van der Waals surface area contributed by atoms with Crippen molar-refractivity contribution < 1.29 is 80.2 Å². The number of phosphoric ester groups is 2. The summed E-state index contributed by atoms with van der Waals surface area (Å²) in [6.07, 6.45) is 46.1. The zero-order chi connectivity index (χ0) is 63.5. The molecule has 2 unspecified atom stereocenters. The number of esters is 4. The van der Waals surface area contributed by atoms with Crippen molar-refractivity contribution in [1.82, 2.24) is 0 Å². The first-order valence-electron chi connectivity index (χ1n) is 35.1. The summed E-state index contributed by atoms with van der Waals surface area (Å²) in [6.45, 7) is 7.12. The molecule has 0 aromatic carbocycles. The highest BCUT2D eigenvalue weighted by molar-refractivity contribution is 7.47. The number of hydrogen-bond acceptors (Lipinski definition) is 15. The van der Waals surface area contributed by atoms with Crippen molar-refractivity contribution in [2.45, 2.75) is 361 Å². The van der Waals surface area contributed by atoms with E-state index in [4.69, 9.17) is 37.0 Å². The molecule has 0 rings (SSSR count). The van der Waals surface area contributed by atoms with Gasteiger partial charge in [-0.3, -0.25) is 37.3 Å². The van der Waals surface area contributed by atoms with Gasteiger partial charge in [-0.25, -0.2) is 9.13 Å². The largest absolute Gasteiger partial charge is 0.472 e. The van der Waals surface area contributed by atoms with Crippen molar-refractivity contribution in [3.05, 3.63) is 0 Å². The van der Waals surface area contributed by atoms with E-state index in [-0.39, 0.29) is 25.7 Å². The fourth-order valence-electron chi connectivity index (χ4n) is 10.1. The quantitative estimate of drug-likeness (QED) is 0.0222. The molecule has 5 atom stereocenters. The van der Waals surface area contributed by atoms with Gasteiger partial charge < -0.3 is 33.8 Å². The number of carbonyl (C=O) groups is 4. The molecule has 0 saturated carbocycles. The molecule has 0 aliphatic heterocycles. The summed E-state index contributed by atoms with van der Waals surface area (Å²) >= 11 is 0. The monoisotopic (exact) mass is 1270 g/mol. The molecule has 0 amide bonds. The Kier molecular flexibility index (Phi) is 59.2. The van der Waals surface area contributed by atoms with Gasteiger partial charge in [0, 0.05) is 25.7 Å². The minimum absolute atomic E-state index is 0.106. The van der Waals surface area contributed by atoms with Crippen LogP contribution < -0.4 is 0 Å². The number of aliphatic hydroxyl groups excluding tert-OH is 1. The maximum absolute atomic E-state index is 13.0. The number of phosphoric acid groups is 2. The van der Waals surface area contributed by atoms with Crippen LogP contribution in [-0.2, 0) is 65.4 Å². The second kappa shape index (κ2) is 60.6. The van der Waals surface area contributed by atoms with E-state index in [2.05, 4.69) is 34.6 Å². The number of aliphatic hydroxyl groups is 1. The number of rotatable bonds is 67. The van der Waals surface area contributed by atoms with Crippen molar-refractivity contribution in [3.8, 4) is 0 Å². The zero-order valence-corrected chi connectivity index (χ0v) is 57.2. The van der Waals surface area contributed by atoms with Crippen LogP contribution in [0.1, 0.15) is 343 Å². The molecule has 3 N–H and O–H groups in total. The fourth-order valence-corrected chi connectivity index (χ4v) is 11.7. The molecule has 0 aliphatic carbocycles. The van der Waals surface area contributed by atoms with Gasteiger partial charge in [0.15, 0.2) is 12.2 Å². The van der Waals surface area contributed by atoms with Crippen LogP contribution in [0.3, 0.4) is 0 Å². The summed E-state index contributed by atoms with van der Waals surface area (Å²) in [6, 6.07) is 0. The highest BCUT2D eigenvalue weighted by atomic mass is 31.2. The molecule has 0 radical (unpaired) electrons. The number of carbonyl (C=O) groups excluding carboxylic acids is 4. The van der Waals surface area contributed by atoms with E-state index in [1.54, 1.807) is 0 Å². The Morgan fingerprint density at radius 1 is 0.314 bits per heavy atom. The standard InChI is InChI=1S/C67H130O17P2/c1-6-9-12-15-18-20-22-23-24-25-26-27-28-29-30-32-37-43-48-53-67(72)84-63(57-78-65(70)51-46-41-38-33-35-39-44-49-60(4)5)59-82-86(75,76)80-55-61(68)54-79-85(73,74)81-58-62(56-77-64(69)50-45-40-34-17-14-11-8-3)83-66(71)52-47-42-36-31-21-19-16-13-10-7-2/h60-63,68H,6-59H2,1-5H3,(H,73,74)(H,75,76)/t61-,62+,63+/m0/s1. The molecule has 0 saturated heterocycles. The molecule has 86 heavy (non-hydrogen) atoms. The topological polar surface area (TPSA) is 237 Å². The average molecular weight is 1270 g/mol. The average Bonchev–Trinajstić information content (AvgIpc) is 3.50. The van der Waals surface area contributed by atoms with E-state index in [1.807, 2.05) is 0 Å². The van der Waals surface area contributed by atoms with Crippen molar-refractivity contribution in [2.75, 3.05) is 39.6 Å². The van der Waals surface area contributed by atoms with Crippen LogP contribution in [0.5, 0.6) is 0 Å². The zero-order valence-electron chi connectivity index (χ0n) is 55.4. The Bertz CT molecular complexity index is 1670. The molecular weight excluding hydrogens is 1140 g/mol. The smallest absolute Gasteiger partial charge is 0.462 e. The first-order valence-corrected chi connectivity index (χ1v) is 38.1. The van der Waals surface area contributed by atoms with Crippen LogP contribution in [0.25, 0.3) is 0 Å². The Labute approximate surface area is 524 Å². The summed E-state index contributed by atoms with van der Waals surface area (Å²) in [5, 5.41) is 10.5. The third-order valence-electron chi connectivity index (χ3n) is 15.5. The lowest BCUT2D eigenvalue weighted by Gasteiger charge is -2.21. The highest BCUT2D eigenvalue weighted by Crippen LogP contribution is 2.45. The summed E-state index contributed by atoms with van der Waals surface area (Å²) in [4.78, 5) is 72.2. The Morgan fingerprint density at radius 2 is 0.535 bits per heavy atom. The second-order valence-electron chi connectivity index (χ2n) is 24.7. The van der Waals surface area contributed by atoms with Gasteiger partial charge in [-0.15, -0.1) is 0 Å². The lowest BCUT2D eigenvalue weighted by atomic mass is 10.0. The van der Waals surface area contributed by atoms with E-state index in [1.165, 1.54) is 148 Å². The molecule has 19 heteroatoms. The van der Waals surface area contributed by atoms with Crippen LogP contribution in [0.15, 0.2) is 0 Å². The molecule has 0 spiro atoms. The predicted molar refractivity (Wildman–Crippen MR) is 345 cm³/mol. The summed E-state index contributed by atoms with van der Waals surface area (Å²) in [5.74, 6) is -1.43. The van der Waals surface area contributed by atoms with E-state index >= 15 is 0 Å². The van der Waals surface area contributed by atoms with Crippen molar-refractivity contribution >= 4 is 39.5 Å². The lowest BCUT2D eigenvalue weighted by molar-refractivity contribution is -0.161. The molecule has 0 aromatic heterocycles. The molecule has 0 heterocycles. The number of unbranched alkanes of at least 4 members (excludes halogenated alkanes) is 39. The van der Waals surface area contributed by atoms with Gasteiger partial charge >= 0.3 is 39.5 Å². The summed E-state index contributed by atoms with van der Waals surface area (Å²) in [7, 11) is -9.88. The minimum atomic E-state index is -4.95. The predicted octanol–water partition coefficient (Wildman–Crippen LogP) is 19.0. The summed E-state index contributed by atoms with van der Waals surface area (Å²) < 4.78 is 68.0. The van der Waals surface area contributed by atoms with E-state index in [0.29, 0.717) is 31.6 Å². The Hall–Kier alpha value is -1.94. The normalized spacial score (nSPS) is 14.2. The van der Waals surface area contributed by atoms with E-state index in [0.717, 1.165) is 109 Å². The fraction of sp³-hybridized carbons (Fsp3) is 0.940. The van der Waals surface area contributed by atoms with E-state index < -0.39 is 97.5 Å². The van der Waals surface area contributed by atoms with Crippen LogP contribution in [0, 0.1) is 5.92 Å². The minimum Gasteiger partial charge on any atom is -0.462 e. The van der Waals surface area contributed by atoms with Crippen molar-refractivity contribution in [1.29, 1.82) is 0 Å². The van der Waals surface area contributed by atoms with Gasteiger partial charge in [-0.1, -0.05) is 291 Å². The highest BCUT2D eigenvalue weighted by Gasteiger charge is 2.30. The maximum atomic E-state index is 13.0. The van der Waals surface area contributed by atoms with Gasteiger partial charge in [-0.05, 0) is 31.6 Å². The van der Waals surface area contributed by atoms with Crippen molar-refractivity contribution in [3.63, 3.8) is 0 Å².